The maximum Gasteiger partial charge on any atom is 0.271 e. The van der Waals surface area contributed by atoms with Crippen LogP contribution in [0.4, 0.5) is 0 Å². The molecule has 1 N–H and O–H groups in total. The molecule has 0 radical (unpaired) electrons. The second-order valence-corrected chi connectivity index (χ2v) is 5.70. The van der Waals surface area contributed by atoms with Crippen molar-refractivity contribution in [3.8, 4) is 0 Å². The third kappa shape index (κ3) is 3.80. The molecule has 1 aromatic heterocycles. The van der Waals surface area contributed by atoms with E-state index < -0.39 is 0 Å². The molecule has 1 saturated carbocycles. The van der Waals surface area contributed by atoms with Crippen LogP contribution in [-0.2, 0) is 0 Å². The third-order valence-electron chi connectivity index (χ3n) is 3.41. The molecule has 1 aliphatic rings. The highest BCUT2D eigenvalue weighted by Crippen LogP contribution is 2.18. The van der Waals surface area contributed by atoms with Crippen molar-refractivity contribution >= 4 is 21.8 Å². The molecule has 0 saturated heterocycles. The zero-order valence-corrected chi connectivity index (χ0v) is 12.1. The fourth-order valence-corrected chi connectivity index (χ4v) is 2.84. The first kappa shape index (κ1) is 13.5. The number of carbonyl (C=O) groups is 1. The highest BCUT2D eigenvalue weighted by molar-refractivity contribution is 9.10. The van der Waals surface area contributed by atoms with Crippen LogP contribution in [-0.4, -0.2) is 16.9 Å². The highest BCUT2D eigenvalue weighted by Gasteiger charge is 2.17. The highest BCUT2D eigenvalue weighted by atomic mass is 79.9. The molecule has 1 fully saturated rings. The van der Waals surface area contributed by atoms with Crippen molar-refractivity contribution in [3.05, 3.63) is 28.5 Å². The van der Waals surface area contributed by atoms with E-state index in [2.05, 4.69) is 26.2 Å². The molecule has 4 heteroatoms. The van der Waals surface area contributed by atoms with Gasteiger partial charge >= 0.3 is 0 Å². The van der Waals surface area contributed by atoms with Gasteiger partial charge in [0.05, 0.1) is 0 Å². The summed E-state index contributed by atoms with van der Waals surface area (Å²) in [4.78, 5) is 16.3. The zero-order chi connectivity index (χ0) is 12.8. The Balaban J connectivity index is 1.95. The SMILES string of the molecule is O=C(NC1CCCCCCC1)c1ncccc1Br. The quantitative estimate of drug-likeness (QED) is 0.905. The fraction of sp³-hybridized carbons (Fsp3) is 0.571. The molecule has 0 aliphatic heterocycles. The minimum absolute atomic E-state index is 0.0620. The molecule has 0 aromatic carbocycles. The van der Waals surface area contributed by atoms with Crippen molar-refractivity contribution in [2.24, 2.45) is 0 Å². The third-order valence-corrected chi connectivity index (χ3v) is 4.05. The Morgan fingerprint density at radius 1 is 1.22 bits per heavy atom. The van der Waals surface area contributed by atoms with Crippen LogP contribution in [0.5, 0.6) is 0 Å². The Hall–Kier alpha value is -0.900. The summed E-state index contributed by atoms with van der Waals surface area (Å²) in [5.74, 6) is -0.0620. The maximum absolute atomic E-state index is 12.1. The van der Waals surface area contributed by atoms with Gasteiger partial charge in [-0.15, -0.1) is 0 Å². The zero-order valence-electron chi connectivity index (χ0n) is 10.5. The molecule has 18 heavy (non-hydrogen) atoms. The van der Waals surface area contributed by atoms with Gasteiger partial charge in [-0.05, 0) is 40.9 Å². The van der Waals surface area contributed by atoms with Gasteiger partial charge in [-0.1, -0.05) is 32.1 Å². The van der Waals surface area contributed by atoms with Gasteiger partial charge in [-0.3, -0.25) is 4.79 Å². The van der Waals surface area contributed by atoms with Gasteiger partial charge in [0, 0.05) is 16.7 Å². The average Bonchev–Trinajstić information content (AvgIpc) is 2.33. The van der Waals surface area contributed by atoms with E-state index in [1.54, 1.807) is 6.20 Å². The van der Waals surface area contributed by atoms with Gasteiger partial charge in [0.1, 0.15) is 5.69 Å². The minimum Gasteiger partial charge on any atom is -0.348 e. The molecular weight excluding hydrogens is 292 g/mol. The van der Waals surface area contributed by atoms with Crippen LogP contribution in [0.25, 0.3) is 0 Å². The van der Waals surface area contributed by atoms with Crippen molar-refractivity contribution in [2.75, 3.05) is 0 Å². The lowest BCUT2D eigenvalue weighted by atomic mass is 9.96. The number of carbonyl (C=O) groups excluding carboxylic acids is 1. The molecule has 0 unspecified atom stereocenters. The van der Waals surface area contributed by atoms with Crippen LogP contribution < -0.4 is 5.32 Å². The van der Waals surface area contributed by atoms with Gasteiger partial charge in [-0.2, -0.15) is 0 Å². The Kier molecular flexibility index (Phi) is 5.17. The summed E-state index contributed by atoms with van der Waals surface area (Å²) in [5.41, 5.74) is 0.486. The molecule has 0 spiro atoms. The van der Waals surface area contributed by atoms with E-state index in [-0.39, 0.29) is 5.91 Å². The van der Waals surface area contributed by atoms with E-state index in [1.807, 2.05) is 12.1 Å². The summed E-state index contributed by atoms with van der Waals surface area (Å²) in [6.45, 7) is 0. The summed E-state index contributed by atoms with van der Waals surface area (Å²) in [6.07, 6.45) is 10.2. The molecule has 98 valence electrons. The van der Waals surface area contributed by atoms with Crippen LogP contribution in [0.1, 0.15) is 55.4 Å². The molecule has 2 rings (SSSR count). The number of halogens is 1. The van der Waals surface area contributed by atoms with E-state index >= 15 is 0 Å². The summed E-state index contributed by atoms with van der Waals surface area (Å²) in [6, 6.07) is 3.98. The van der Waals surface area contributed by atoms with Gasteiger partial charge in [-0.25, -0.2) is 4.98 Å². The standard InChI is InChI=1S/C14H19BrN2O/c15-12-9-6-10-16-13(12)14(18)17-11-7-4-2-1-3-5-8-11/h6,9-11H,1-5,7-8H2,(H,17,18). The van der Waals surface area contributed by atoms with Crippen LogP contribution in [0, 0.1) is 0 Å². The van der Waals surface area contributed by atoms with Gasteiger partial charge < -0.3 is 5.32 Å². The van der Waals surface area contributed by atoms with Crippen molar-refractivity contribution in [2.45, 2.75) is 51.0 Å². The van der Waals surface area contributed by atoms with E-state index in [4.69, 9.17) is 0 Å². The van der Waals surface area contributed by atoms with E-state index in [1.165, 1.54) is 32.1 Å². The molecule has 0 atom stereocenters. The van der Waals surface area contributed by atoms with Crippen molar-refractivity contribution in [1.82, 2.24) is 10.3 Å². The first-order valence-corrected chi connectivity index (χ1v) is 7.48. The minimum atomic E-state index is -0.0620. The summed E-state index contributed by atoms with van der Waals surface area (Å²) in [7, 11) is 0. The van der Waals surface area contributed by atoms with E-state index in [0.717, 1.165) is 17.3 Å². The lowest BCUT2D eigenvalue weighted by Gasteiger charge is -2.21. The second-order valence-electron chi connectivity index (χ2n) is 4.85. The average molecular weight is 311 g/mol. The summed E-state index contributed by atoms with van der Waals surface area (Å²) >= 11 is 3.37. The largest absolute Gasteiger partial charge is 0.348 e. The van der Waals surface area contributed by atoms with Crippen molar-refractivity contribution < 1.29 is 4.79 Å². The molecule has 3 nitrogen and oxygen atoms in total. The molecule has 1 aromatic rings. The van der Waals surface area contributed by atoms with Crippen LogP contribution in [0.2, 0.25) is 0 Å². The van der Waals surface area contributed by atoms with Crippen LogP contribution in [0.3, 0.4) is 0 Å². The lowest BCUT2D eigenvalue weighted by Crippen LogP contribution is -2.35. The van der Waals surface area contributed by atoms with Gasteiger partial charge in [0.15, 0.2) is 0 Å². The predicted molar refractivity (Wildman–Crippen MR) is 75.5 cm³/mol. The first-order valence-electron chi connectivity index (χ1n) is 6.69. The molecule has 1 heterocycles. The number of pyridine rings is 1. The topological polar surface area (TPSA) is 42.0 Å². The molecule has 1 aliphatic carbocycles. The lowest BCUT2D eigenvalue weighted by molar-refractivity contribution is 0.0924. The van der Waals surface area contributed by atoms with Gasteiger partial charge in [0.25, 0.3) is 5.91 Å². The van der Waals surface area contributed by atoms with E-state index in [9.17, 15) is 4.79 Å². The number of amides is 1. The number of nitrogens with one attached hydrogen (secondary N) is 1. The number of hydrogen-bond donors (Lipinski definition) is 1. The Bertz CT molecular complexity index is 401. The Morgan fingerprint density at radius 2 is 1.89 bits per heavy atom. The monoisotopic (exact) mass is 310 g/mol. The maximum atomic E-state index is 12.1. The van der Waals surface area contributed by atoms with Gasteiger partial charge in [0.2, 0.25) is 0 Å². The predicted octanol–water partition coefficient (Wildman–Crippen LogP) is 3.69. The number of hydrogen-bond acceptors (Lipinski definition) is 2. The van der Waals surface area contributed by atoms with Crippen LogP contribution in [0.15, 0.2) is 22.8 Å². The smallest absolute Gasteiger partial charge is 0.271 e. The molecule has 1 amide bonds. The number of nitrogens with zero attached hydrogens (tertiary/aromatic N) is 1. The van der Waals surface area contributed by atoms with Crippen molar-refractivity contribution in [1.29, 1.82) is 0 Å². The Labute approximate surface area is 117 Å². The second kappa shape index (κ2) is 6.88. The van der Waals surface area contributed by atoms with Crippen LogP contribution >= 0.6 is 15.9 Å². The summed E-state index contributed by atoms with van der Waals surface area (Å²) in [5, 5.41) is 3.11. The molecular formula is C14H19BrN2O. The molecule has 0 bridgehead atoms. The van der Waals surface area contributed by atoms with Crippen molar-refractivity contribution in [3.63, 3.8) is 0 Å². The fourth-order valence-electron chi connectivity index (χ4n) is 2.41. The first-order chi connectivity index (χ1) is 8.77. The summed E-state index contributed by atoms with van der Waals surface area (Å²) < 4.78 is 0.758. The number of rotatable bonds is 2. The van der Waals surface area contributed by atoms with E-state index in [0.29, 0.717) is 11.7 Å². The normalized spacial score (nSPS) is 17.8. The number of aromatic nitrogens is 1. The Morgan fingerprint density at radius 3 is 2.56 bits per heavy atom.